The number of hydrogen-bond acceptors (Lipinski definition) is 6. The SMILES string of the molecule is CCOC(=O)NN(C(=O)OCC)C(C(=O)OCC)C1=CCCC1. The monoisotopic (exact) mass is 328 g/mol. The first kappa shape index (κ1) is 18.8. The summed E-state index contributed by atoms with van der Waals surface area (Å²) in [5.74, 6) is -0.620. The number of amides is 2. The molecule has 0 fully saturated rings. The van der Waals surface area contributed by atoms with Crippen LogP contribution < -0.4 is 5.43 Å². The third-order valence-corrected chi connectivity index (χ3v) is 3.15. The molecule has 8 heteroatoms. The second-order valence-electron chi connectivity index (χ2n) is 4.73. The lowest BCUT2D eigenvalue weighted by atomic mass is 10.1. The first-order valence-corrected chi connectivity index (χ1v) is 7.80. The van der Waals surface area contributed by atoms with E-state index in [0.717, 1.165) is 17.9 Å². The molecule has 1 atom stereocenters. The minimum absolute atomic E-state index is 0.106. The fourth-order valence-electron chi connectivity index (χ4n) is 2.26. The van der Waals surface area contributed by atoms with Crippen LogP contribution in [-0.2, 0) is 19.0 Å². The van der Waals surface area contributed by atoms with Crippen LogP contribution in [0.1, 0.15) is 40.0 Å². The Kier molecular flexibility index (Phi) is 7.93. The van der Waals surface area contributed by atoms with Crippen molar-refractivity contribution < 1.29 is 28.6 Å². The van der Waals surface area contributed by atoms with Gasteiger partial charge >= 0.3 is 18.2 Å². The summed E-state index contributed by atoms with van der Waals surface area (Å²) in [4.78, 5) is 36.2. The van der Waals surface area contributed by atoms with Gasteiger partial charge in [-0.05, 0) is 45.6 Å². The largest absolute Gasteiger partial charge is 0.464 e. The highest BCUT2D eigenvalue weighted by Crippen LogP contribution is 2.25. The molecule has 0 aromatic carbocycles. The molecule has 0 aromatic rings. The van der Waals surface area contributed by atoms with Crippen LogP contribution in [0.4, 0.5) is 9.59 Å². The highest BCUT2D eigenvalue weighted by Gasteiger charge is 2.37. The van der Waals surface area contributed by atoms with Gasteiger partial charge in [-0.3, -0.25) is 0 Å². The number of allylic oxidation sites excluding steroid dienone is 1. The number of nitrogens with zero attached hydrogens (tertiary/aromatic N) is 1. The topological polar surface area (TPSA) is 94.2 Å². The Morgan fingerprint density at radius 1 is 1.13 bits per heavy atom. The number of esters is 1. The molecule has 130 valence electrons. The molecule has 23 heavy (non-hydrogen) atoms. The molecule has 1 aliphatic rings. The molecule has 0 spiro atoms. The van der Waals surface area contributed by atoms with Crippen LogP contribution in [0.2, 0.25) is 0 Å². The second-order valence-corrected chi connectivity index (χ2v) is 4.73. The molecule has 0 aliphatic heterocycles. The highest BCUT2D eigenvalue weighted by atomic mass is 16.6. The quantitative estimate of drug-likeness (QED) is 0.347. The van der Waals surface area contributed by atoms with Crippen LogP contribution in [-0.4, -0.2) is 49.0 Å². The number of hydrazine groups is 1. The van der Waals surface area contributed by atoms with Gasteiger partial charge < -0.3 is 14.2 Å². The van der Waals surface area contributed by atoms with Gasteiger partial charge in [-0.2, -0.15) is 5.01 Å². The summed E-state index contributed by atoms with van der Waals surface area (Å²) < 4.78 is 14.8. The van der Waals surface area contributed by atoms with E-state index in [0.29, 0.717) is 12.0 Å². The zero-order valence-corrected chi connectivity index (χ0v) is 13.8. The third kappa shape index (κ3) is 5.46. The van der Waals surface area contributed by atoms with Gasteiger partial charge in [0.15, 0.2) is 6.04 Å². The van der Waals surface area contributed by atoms with Crippen molar-refractivity contribution in [2.24, 2.45) is 0 Å². The molecular formula is C15H24N2O6. The summed E-state index contributed by atoms with van der Waals surface area (Å²) in [6.07, 6.45) is 2.52. The molecule has 0 aromatic heterocycles. The molecule has 1 aliphatic carbocycles. The van der Waals surface area contributed by atoms with Crippen molar-refractivity contribution in [3.05, 3.63) is 11.6 Å². The van der Waals surface area contributed by atoms with Gasteiger partial charge in [-0.15, -0.1) is 0 Å². The standard InChI is InChI=1S/C15H24N2O6/c1-4-21-13(18)12(11-9-7-8-10-11)17(15(20)23-6-3)16-14(19)22-5-2/h9,12H,4-8,10H2,1-3H3,(H,16,19). The van der Waals surface area contributed by atoms with Gasteiger partial charge in [0.1, 0.15) is 0 Å². The summed E-state index contributed by atoms with van der Waals surface area (Å²) in [5, 5.41) is 0.844. The molecule has 0 radical (unpaired) electrons. The van der Waals surface area contributed by atoms with Gasteiger partial charge in [-0.1, -0.05) is 6.08 Å². The van der Waals surface area contributed by atoms with Crippen LogP contribution in [0.15, 0.2) is 11.6 Å². The minimum Gasteiger partial charge on any atom is -0.464 e. The summed E-state index contributed by atoms with van der Waals surface area (Å²) in [6.45, 7) is 5.35. The van der Waals surface area contributed by atoms with Gasteiger partial charge in [-0.25, -0.2) is 19.8 Å². The van der Waals surface area contributed by atoms with Crippen molar-refractivity contribution in [3.8, 4) is 0 Å². The van der Waals surface area contributed by atoms with Crippen LogP contribution >= 0.6 is 0 Å². The summed E-state index contributed by atoms with van der Waals surface area (Å²) in [7, 11) is 0. The molecule has 1 N–H and O–H groups in total. The van der Waals surface area contributed by atoms with Gasteiger partial charge in [0.2, 0.25) is 0 Å². The Morgan fingerprint density at radius 3 is 2.30 bits per heavy atom. The molecule has 0 bridgehead atoms. The van der Waals surface area contributed by atoms with Crippen LogP contribution in [0, 0.1) is 0 Å². The zero-order valence-electron chi connectivity index (χ0n) is 13.8. The van der Waals surface area contributed by atoms with Crippen LogP contribution in [0.25, 0.3) is 0 Å². The van der Waals surface area contributed by atoms with E-state index in [2.05, 4.69) is 5.43 Å². The number of carbonyl (C=O) groups excluding carboxylic acids is 3. The number of rotatable bonds is 6. The predicted molar refractivity (Wildman–Crippen MR) is 81.4 cm³/mol. The lowest BCUT2D eigenvalue weighted by molar-refractivity contribution is -0.148. The average Bonchev–Trinajstić information content (AvgIpc) is 3.01. The van der Waals surface area contributed by atoms with Gasteiger partial charge in [0.25, 0.3) is 0 Å². The van der Waals surface area contributed by atoms with Gasteiger partial charge in [0, 0.05) is 0 Å². The number of nitrogens with one attached hydrogen (secondary N) is 1. The Hall–Kier alpha value is -2.25. The maximum atomic E-state index is 12.3. The lowest BCUT2D eigenvalue weighted by Gasteiger charge is -2.29. The molecule has 1 rings (SSSR count). The minimum atomic E-state index is -1.05. The van der Waals surface area contributed by atoms with Crippen molar-refractivity contribution in [1.29, 1.82) is 0 Å². The third-order valence-electron chi connectivity index (χ3n) is 3.15. The fraction of sp³-hybridized carbons (Fsp3) is 0.667. The first-order valence-electron chi connectivity index (χ1n) is 7.80. The normalized spacial score (nSPS) is 14.5. The maximum absolute atomic E-state index is 12.3. The van der Waals surface area contributed by atoms with E-state index < -0.39 is 24.2 Å². The Morgan fingerprint density at radius 2 is 1.78 bits per heavy atom. The van der Waals surface area contributed by atoms with Crippen LogP contribution in [0.5, 0.6) is 0 Å². The van der Waals surface area contributed by atoms with E-state index in [4.69, 9.17) is 14.2 Å². The molecule has 8 nitrogen and oxygen atoms in total. The van der Waals surface area contributed by atoms with E-state index in [9.17, 15) is 14.4 Å². The number of carbonyl (C=O) groups is 3. The van der Waals surface area contributed by atoms with Crippen molar-refractivity contribution >= 4 is 18.2 Å². The van der Waals surface area contributed by atoms with Crippen molar-refractivity contribution in [2.45, 2.75) is 46.1 Å². The van der Waals surface area contributed by atoms with E-state index in [1.54, 1.807) is 20.8 Å². The number of hydrogen-bond donors (Lipinski definition) is 1. The molecular weight excluding hydrogens is 304 g/mol. The molecule has 0 heterocycles. The Bertz CT molecular complexity index is 463. The summed E-state index contributed by atoms with van der Waals surface area (Å²) in [5.41, 5.74) is 2.99. The summed E-state index contributed by atoms with van der Waals surface area (Å²) >= 11 is 0. The zero-order chi connectivity index (χ0) is 17.2. The van der Waals surface area contributed by atoms with Crippen molar-refractivity contribution in [1.82, 2.24) is 10.4 Å². The molecule has 0 saturated heterocycles. The highest BCUT2D eigenvalue weighted by molar-refractivity contribution is 5.86. The molecule has 2 amide bonds. The van der Waals surface area contributed by atoms with Crippen molar-refractivity contribution in [3.63, 3.8) is 0 Å². The number of ether oxygens (including phenoxy) is 3. The second kappa shape index (κ2) is 9.70. The van der Waals surface area contributed by atoms with E-state index in [1.807, 2.05) is 6.08 Å². The first-order chi connectivity index (χ1) is 11.0. The summed E-state index contributed by atoms with van der Waals surface area (Å²) in [6, 6.07) is -1.05. The van der Waals surface area contributed by atoms with E-state index >= 15 is 0 Å². The maximum Gasteiger partial charge on any atom is 0.429 e. The predicted octanol–water partition coefficient (Wildman–Crippen LogP) is 2.15. The van der Waals surface area contributed by atoms with Gasteiger partial charge in [0.05, 0.1) is 19.8 Å². The molecule has 1 unspecified atom stereocenters. The Balaban J connectivity index is 3.05. The van der Waals surface area contributed by atoms with Crippen LogP contribution in [0.3, 0.4) is 0 Å². The smallest absolute Gasteiger partial charge is 0.429 e. The van der Waals surface area contributed by atoms with Crippen molar-refractivity contribution in [2.75, 3.05) is 19.8 Å². The average molecular weight is 328 g/mol. The van der Waals surface area contributed by atoms with E-state index in [-0.39, 0.29) is 19.8 Å². The lowest BCUT2D eigenvalue weighted by Crippen LogP contribution is -2.56. The Labute approximate surface area is 135 Å². The fourth-order valence-corrected chi connectivity index (χ4v) is 2.26. The molecule has 0 saturated carbocycles. The van der Waals surface area contributed by atoms with E-state index in [1.165, 1.54) is 0 Å².